The van der Waals surface area contributed by atoms with Crippen LogP contribution in [0.1, 0.15) is 18.9 Å². The van der Waals surface area contributed by atoms with E-state index in [1.807, 2.05) is 31.2 Å². The van der Waals surface area contributed by atoms with Gasteiger partial charge in [-0.05, 0) is 30.0 Å². The van der Waals surface area contributed by atoms with E-state index in [1.54, 1.807) is 12.0 Å². The standard InChI is InChI=1S/C16H21NO4/c1-11-6-13(16(19)20)10-17(9-11)15(18)8-12-4-3-5-14(7-12)21-2/h3-5,7,11,13H,6,8-10H2,1-2H3,(H,19,20). The third-order valence-corrected chi connectivity index (χ3v) is 3.85. The molecule has 0 aliphatic carbocycles. The van der Waals surface area contributed by atoms with Crippen LogP contribution >= 0.6 is 0 Å². The number of aliphatic carboxylic acids is 1. The molecule has 1 heterocycles. The van der Waals surface area contributed by atoms with Crippen molar-refractivity contribution >= 4 is 11.9 Å². The molecule has 1 aromatic carbocycles. The van der Waals surface area contributed by atoms with Gasteiger partial charge in [-0.1, -0.05) is 19.1 Å². The highest BCUT2D eigenvalue weighted by molar-refractivity contribution is 5.80. The topological polar surface area (TPSA) is 66.8 Å². The van der Waals surface area contributed by atoms with Crippen LogP contribution < -0.4 is 4.74 Å². The minimum Gasteiger partial charge on any atom is -0.497 e. The van der Waals surface area contributed by atoms with Crippen molar-refractivity contribution in [1.29, 1.82) is 0 Å². The summed E-state index contributed by atoms with van der Waals surface area (Å²) in [6.07, 6.45) is 0.911. The molecule has 2 rings (SSSR count). The van der Waals surface area contributed by atoms with Gasteiger partial charge in [0, 0.05) is 13.1 Å². The van der Waals surface area contributed by atoms with Crippen molar-refractivity contribution in [2.24, 2.45) is 11.8 Å². The van der Waals surface area contributed by atoms with Crippen molar-refractivity contribution in [2.75, 3.05) is 20.2 Å². The molecule has 1 saturated heterocycles. The number of carbonyl (C=O) groups excluding carboxylic acids is 1. The van der Waals surface area contributed by atoms with Gasteiger partial charge in [0.2, 0.25) is 5.91 Å². The van der Waals surface area contributed by atoms with Gasteiger partial charge in [-0.25, -0.2) is 0 Å². The number of carboxylic acid groups (broad SMARTS) is 1. The zero-order chi connectivity index (χ0) is 15.4. The van der Waals surface area contributed by atoms with E-state index in [1.165, 1.54) is 0 Å². The second-order valence-electron chi connectivity index (χ2n) is 5.70. The molecule has 5 heteroatoms. The van der Waals surface area contributed by atoms with Crippen LogP contribution in [0.2, 0.25) is 0 Å². The van der Waals surface area contributed by atoms with Crippen molar-refractivity contribution in [3.63, 3.8) is 0 Å². The number of hydrogen-bond donors (Lipinski definition) is 1. The molecule has 0 radical (unpaired) electrons. The second kappa shape index (κ2) is 6.61. The largest absolute Gasteiger partial charge is 0.497 e. The van der Waals surface area contributed by atoms with Crippen LogP contribution in [0.3, 0.4) is 0 Å². The van der Waals surface area contributed by atoms with Crippen molar-refractivity contribution in [3.05, 3.63) is 29.8 Å². The quantitative estimate of drug-likeness (QED) is 0.918. The first kappa shape index (κ1) is 15.4. The third kappa shape index (κ3) is 3.97. The summed E-state index contributed by atoms with van der Waals surface area (Å²) in [4.78, 5) is 25.2. The van der Waals surface area contributed by atoms with Crippen molar-refractivity contribution in [1.82, 2.24) is 4.90 Å². The summed E-state index contributed by atoms with van der Waals surface area (Å²) in [7, 11) is 1.59. The predicted molar refractivity (Wildman–Crippen MR) is 78.2 cm³/mol. The number of rotatable bonds is 4. The average Bonchev–Trinajstić information content (AvgIpc) is 2.46. The van der Waals surface area contributed by atoms with Crippen molar-refractivity contribution in [3.8, 4) is 5.75 Å². The Balaban J connectivity index is 2.03. The fourth-order valence-corrected chi connectivity index (χ4v) is 2.80. The van der Waals surface area contributed by atoms with Gasteiger partial charge in [-0.3, -0.25) is 9.59 Å². The number of carbonyl (C=O) groups is 2. The first-order valence-electron chi connectivity index (χ1n) is 7.13. The zero-order valence-electron chi connectivity index (χ0n) is 12.4. The van der Waals surface area contributed by atoms with E-state index < -0.39 is 11.9 Å². The maximum Gasteiger partial charge on any atom is 0.308 e. The van der Waals surface area contributed by atoms with Gasteiger partial charge in [0.1, 0.15) is 5.75 Å². The highest BCUT2D eigenvalue weighted by atomic mass is 16.5. The van der Waals surface area contributed by atoms with Crippen LogP contribution in [0, 0.1) is 11.8 Å². The lowest BCUT2D eigenvalue weighted by molar-refractivity contribution is -0.146. The number of ether oxygens (including phenoxy) is 1. The van der Waals surface area contributed by atoms with Crippen LogP contribution in [0.25, 0.3) is 0 Å². The fourth-order valence-electron chi connectivity index (χ4n) is 2.80. The van der Waals surface area contributed by atoms with Crippen LogP contribution in [-0.4, -0.2) is 42.1 Å². The van der Waals surface area contributed by atoms with E-state index >= 15 is 0 Å². The zero-order valence-corrected chi connectivity index (χ0v) is 12.4. The van der Waals surface area contributed by atoms with Gasteiger partial charge in [0.25, 0.3) is 0 Å². The van der Waals surface area contributed by atoms with E-state index in [2.05, 4.69) is 0 Å². The Morgan fingerprint density at radius 3 is 2.81 bits per heavy atom. The molecular weight excluding hydrogens is 270 g/mol. The maximum absolute atomic E-state index is 12.4. The number of piperidine rings is 1. The minimum absolute atomic E-state index is 0.0268. The smallest absolute Gasteiger partial charge is 0.308 e. The van der Waals surface area contributed by atoms with E-state index in [0.29, 0.717) is 19.5 Å². The molecule has 1 aromatic rings. The molecule has 0 aromatic heterocycles. The van der Waals surface area contributed by atoms with Gasteiger partial charge in [-0.2, -0.15) is 0 Å². The molecule has 0 saturated carbocycles. The second-order valence-corrected chi connectivity index (χ2v) is 5.70. The summed E-state index contributed by atoms with van der Waals surface area (Å²) < 4.78 is 5.14. The van der Waals surface area contributed by atoms with Gasteiger partial charge in [-0.15, -0.1) is 0 Å². The monoisotopic (exact) mass is 291 g/mol. The van der Waals surface area contributed by atoms with Gasteiger partial charge in [0.15, 0.2) is 0 Å². The molecule has 21 heavy (non-hydrogen) atoms. The summed E-state index contributed by atoms with van der Waals surface area (Å²) in [6, 6.07) is 7.39. The van der Waals surface area contributed by atoms with Gasteiger partial charge < -0.3 is 14.7 Å². The van der Waals surface area contributed by atoms with E-state index in [4.69, 9.17) is 9.84 Å². The lowest BCUT2D eigenvalue weighted by Gasteiger charge is -2.34. The van der Waals surface area contributed by atoms with Crippen LogP contribution in [0.4, 0.5) is 0 Å². The normalized spacial score (nSPS) is 21.9. The Morgan fingerprint density at radius 2 is 2.14 bits per heavy atom. The number of hydrogen-bond acceptors (Lipinski definition) is 3. The Hall–Kier alpha value is -2.04. The van der Waals surface area contributed by atoms with Crippen LogP contribution in [0.15, 0.2) is 24.3 Å². The Kier molecular flexibility index (Phi) is 4.83. The first-order valence-corrected chi connectivity index (χ1v) is 7.13. The van der Waals surface area contributed by atoms with Crippen molar-refractivity contribution < 1.29 is 19.4 Å². The lowest BCUT2D eigenvalue weighted by atomic mass is 9.90. The van der Waals surface area contributed by atoms with Gasteiger partial charge >= 0.3 is 5.97 Å². The number of likely N-dealkylation sites (tertiary alicyclic amines) is 1. The summed E-state index contributed by atoms with van der Waals surface area (Å²) in [5.41, 5.74) is 0.879. The SMILES string of the molecule is COc1cccc(CC(=O)N2CC(C)CC(C(=O)O)C2)c1. The minimum atomic E-state index is -0.819. The number of benzene rings is 1. The molecule has 1 amide bonds. The summed E-state index contributed by atoms with van der Waals surface area (Å²) >= 11 is 0. The molecule has 1 aliphatic heterocycles. The van der Waals surface area contributed by atoms with E-state index in [0.717, 1.165) is 11.3 Å². The molecule has 0 spiro atoms. The average molecular weight is 291 g/mol. The number of carboxylic acids is 1. The Labute approximate surface area is 124 Å². The van der Waals surface area contributed by atoms with Crippen LogP contribution in [-0.2, 0) is 16.0 Å². The summed E-state index contributed by atoms with van der Waals surface area (Å²) in [5, 5.41) is 9.16. The Morgan fingerprint density at radius 1 is 1.38 bits per heavy atom. The summed E-state index contributed by atoms with van der Waals surface area (Å²) in [6.45, 7) is 2.93. The van der Waals surface area contributed by atoms with Gasteiger partial charge in [0.05, 0.1) is 19.4 Å². The molecule has 0 bridgehead atoms. The fraction of sp³-hybridized carbons (Fsp3) is 0.500. The van der Waals surface area contributed by atoms with E-state index in [9.17, 15) is 9.59 Å². The molecule has 1 fully saturated rings. The Bertz CT molecular complexity index is 529. The summed E-state index contributed by atoms with van der Waals surface area (Å²) in [5.74, 6) is -0.366. The lowest BCUT2D eigenvalue weighted by Crippen LogP contribution is -2.46. The molecule has 1 aliphatic rings. The number of methoxy groups -OCH3 is 1. The molecular formula is C16H21NO4. The maximum atomic E-state index is 12.4. The van der Waals surface area contributed by atoms with Crippen molar-refractivity contribution in [2.45, 2.75) is 19.8 Å². The number of amides is 1. The third-order valence-electron chi connectivity index (χ3n) is 3.85. The van der Waals surface area contributed by atoms with Crippen LogP contribution in [0.5, 0.6) is 5.75 Å². The molecule has 2 unspecified atom stereocenters. The molecule has 5 nitrogen and oxygen atoms in total. The molecule has 114 valence electrons. The predicted octanol–water partition coefficient (Wildman–Crippen LogP) is 1.81. The molecule has 2 atom stereocenters. The highest BCUT2D eigenvalue weighted by Crippen LogP contribution is 2.23. The first-order chi connectivity index (χ1) is 9.99. The molecule has 1 N–H and O–H groups in total. The van der Waals surface area contributed by atoms with E-state index in [-0.39, 0.29) is 18.2 Å². The number of nitrogens with zero attached hydrogens (tertiary/aromatic N) is 1. The highest BCUT2D eigenvalue weighted by Gasteiger charge is 2.31.